The Hall–Kier alpha value is -1.07. The van der Waals surface area contributed by atoms with Crippen LogP contribution < -0.4 is 10.6 Å². The highest BCUT2D eigenvalue weighted by molar-refractivity contribution is 6.28. The molecule has 0 aliphatic carbocycles. The summed E-state index contributed by atoms with van der Waals surface area (Å²) in [5.74, 6) is 0.743. The number of rotatable bonds is 4. The van der Waals surface area contributed by atoms with Gasteiger partial charge in [-0.2, -0.15) is 4.98 Å². The number of aliphatic hydroxyl groups excluding tert-OH is 1. The van der Waals surface area contributed by atoms with Crippen LogP contribution >= 0.6 is 11.6 Å². The first-order chi connectivity index (χ1) is 8.63. The lowest BCUT2D eigenvalue weighted by Gasteiger charge is -2.27. The number of aryl methyl sites for hydroxylation is 1. The summed E-state index contributed by atoms with van der Waals surface area (Å²) < 4.78 is 0. The summed E-state index contributed by atoms with van der Waals surface area (Å²) in [4.78, 5) is 10.5. The van der Waals surface area contributed by atoms with Crippen molar-refractivity contribution in [2.45, 2.75) is 38.6 Å². The smallest absolute Gasteiger partial charge is 0.224 e. The van der Waals surface area contributed by atoms with Gasteiger partial charge in [-0.25, -0.2) is 4.98 Å². The van der Waals surface area contributed by atoms with Crippen LogP contribution in [0.5, 0.6) is 0 Å². The summed E-state index contributed by atoms with van der Waals surface area (Å²) in [6, 6.07) is 0.393. The average Bonchev–Trinajstić information content (AvgIpc) is 2.79. The minimum absolute atomic E-state index is 0.226. The van der Waals surface area contributed by atoms with E-state index in [1.165, 1.54) is 0 Å². The molecule has 2 rings (SSSR count). The number of aromatic nitrogens is 2. The molecule has 1 aromatic rings. The van der Waals surface area contributed by atoms with Gasteiger partial charge in [0.2, 0.25) is 5.28 Å². The van der Waals surface area contributed by atoms with Crippen LogP contribution in [-0.4, -0.2) is 34.3 Å². The molecule has 6 heteroatoms. The van der Waals surface area contributed by atoms with E-state index in [9.17, 15) is 0 Å². The summed E-state index contributed by atoms with van der Waals surface area (Å²) >= 11 is 5.91. The normalized spacial score (nSPS) is 19.5. The van der Waals surface area contributed by atoms with Crippen molar-refractivity contribution >= 4 is 23.1 Å². The fourth-order valence-electron chi connectivity index (χ4n) is 2.49. The third-order valence-corrected chi connectivity index (χ3v) is 3.60. The predicted molar refractivity (Wildman–Crippen MR) is 72.9 cm³/mol. The summed E-state index contributed by atoms with van der Waals surface area (Å²) in [5, 5.41) is 9.18. The second-order valence-electron chi connectivity index (χ2n) is 4.67. The maximum absolute atomic E-state index is 8.94. The summed E-state index contributed by atoms with van der Waals surface area (Å²) in [7, 11) is 0. The van der Waals surface area contributed by atoms with E-state index in [-0.39, 0.29) is 11.9 Å². The van der Waals surface area contributed by atoms with E-state index >= 15 is 0 Å². The van der Waals surface area contributed by atoms with E-state index in [1.54, 1.807) is 0 Å². The van der Waals surface area contributed by atoms with Gasteiger partial charge in [0.25, 0.3) is 0 Å². The van der Waals surface area contributed by atoms with E-state index in [0.717, 1.165) is 43.7 Å². The zero-order valence-corrected chi connectivity index (χ0v) is 11.3. The maximum atomic E-state index is 8.94. The van der Waals surface area contributed by atoms with Crippen molar-refractivity contribution in [3.8, 4) is 0 Å². The Kier molecular flexibility index (Phi) is 4.24. The molecule has 0 radical (unpaired) electrons. The van der Waals surface area contributed by atoms with E-state index in [1.807, 2.05) is 6.92 Å². The van der Waals surface area contributed by atoms with Gasteiger partial charge in [0, 0.05) is 19.2 Å². The van der Waals surface area contributed by atoms with Gasteiger partial charge in [0.15, 0.2) is 5.82 Å². The zero-order valence-electron chi connectivity index (χ0n) is 10.6. The Bertz CT molecular complexity index is 427. The number of aliphatic hydroxyl groups is 1. The van der Waals surface area contributed by atoms with Crippen molar-refractivity contribution in [3.63, 3.8) is 0 Å². The summed E-state index contributed by atoms with van der Waals surface area (Å²) in [6.07, 6.45) is 3.99. The first kappa shape index (κ1) is 13.4. The highest BCUT2D eigenvalue weighted by Crippen LogP contribution is 2.32. The molecule has 1 aromatic heterocycles. The highest BCUT2D eigenvalue weighted by Gasteiger charge is 2.27. The molecule has 0 bridgehead atoms. The number of nitrogens with two attached hydrogens (primary N) is 1. The van der Waals surface area contributed by atoms with Gasteiger partial charge in [0.1, 0.15) is 0 Å². The van der Waals surface area contributed by atoms with Gasteiger partial charge in [-0.1, -0.05) is 0 Å². The van der Waals surface area contributed by atoms with E-state index in [2.05, 4.69) is 14.9 Å². The lowest BCUT2D eigenvalue weighted by Crippen LogP contribution is -2.31. The van der Waals surface area contributed by atoms with Crippen LogP contribution in [0.2, 0.25) is 5.28 Å². The Morgan fingerprint density at radius 2 is 2.28 bits per heavy atom. The molecule has 100 valence electrons. The van der Waals surface area contributed by atoms with Gasteiger partial charge in [-0.15, -0.1) is 0 Å². The number of anilines is 2. The zero-order chi connectivity index (χ0) is 13.1. The fourth-order valence-corrected chi connectivity index (χ4v) is 2.70. The third-order valence-electron chi connectivity index (χ3n) is 3.43. The summed E-state index contributed by atoms with van der Waals surface area (Å²) in [6.45, 7) is 3.00. The monoisotopic (exact) mass is 270 g/mol. The molecule has 0 saturated carbocycles. The molecule has 1 atom stereocenters. The van der Waals surface area contributed by atoms with Crippen molar-refractivity contribution in [2.75, 3.05) is 23.8 Å². The van der Waals surface area contributed by atoms with E-state index in [4.69, 9.17) is 22.4 Å². The maximum Gasteiger partial charge on any atom is 0.224 e. The first-order valence-corrected chi connectivity index (χ1v) is 6.68. The number of nitrogens with zero attached hydrogens (tertiary/aromatic N) is 3. The predicted octanol–water partition coefficient (Wildman–Crippen LogP) is 1.76. The van der Waals surface area contributed by atoms with Gasteiger partial charge < -0.3 is 15.7 Å². The molecule has 18 heavy (non-hydrogen) atoms. The van der Waals surface area contributed by atoms with Crippen molar-refractivity contribution in [1.29, 1.82) is 0 Å². The van der Waals surface area contributed by atoms with Gasteiger partial charge in [-0.05, 0) is 44.2 Å². The molecule has 3 N–H and O–H groups in total. The average molecular weight is 271 g/mol. The third kappa shape index (κ3) is 2.67. The van der Waals surface area contributed by atoms with Gasteiger partial charge in [0.05, 0.1) is 11.4 Å². The molecule has 1 aliphatic heterocycles. The Balaban J connectivity index is 2.24. The molecule has 2 heterocycles. The van der Waals surface area contributed by atoms with Crippen LogP contribution in [0.15, 0.2) is 0 Å². The van der Waals surface area contributed by atoms with Crippen LogP contribution in [0.1, 0.15) is 31.4 Å². The van der Waals surface area contributed by atoms with Crippen molar-refractivity contribution < 1.29 is 5.11 Å². The van der Waals surface area contributed by atoms with E-state index in [0.29, 0.717) is 11.7 Å². The lowest BCUT2D eigenvalue weighted by molar-refractivity contribution is 0.279. The Labute approximate surface area is 112 Å². The lowest BCUT2D eigenvalue weighted by atomic mass is 10.1. The quantitative estimate of drug-likeness (QED) is 0.816. The van der Waals surface area contributed by atoms with Crippen LogP contribution in [0, 0.1) is 6.92 Å². The van der Waals surface area contributed by atoms with Crippen LogP contribution in [0.3, 0.4) is 0 Å². The molecule has 0 spiro atoms. The highest BCUT2D eigenvalue weighted by atomic mass is 35.5. The molecule has 0 amide bonds. The topological polar surface area (TPSA) is 75.3 Å². The molecule has 1 unspecified atom stereocenters. The number of halogens is 1. The largest absolute Gasteiger partial charge is 0.396 e. The Morgan fingerprint density at radius 3 is 3.00 bits per heavy atom. The van der Waals surface area contributed by atoms with Crippen LogP contribution in [-0.2, 0) is 0 Å². The molecule has 5 nitrogen and oxygen atoms in total. The van der Waals surface area contributed by atoms with Gasteiger partial charge >= 0.3 is 0 Å². The first-order valence-electron chi connectivity index (χ1n) is 6.30. The Morgan fingerprint density at radius 1 is 1.50 bits per heavy atom. The molecular weight excluding hydrogens is 252 g/mol. The molecule has 1 saturated heterocycles. The van der Waals surface area contributed by atoms with Crippen molar-refractivity contribution in [3.05, 3.63) is 11.0 Å². The number of hydrogen-bond donors (Lipinski definition) is 2. The second-order valence-corrected chi connectivity index (χ2v) is 5.01. The second kappa shape index (κ2) is 5.71. The standard InChI is InChI=1S/C12H19ClN4O/c1-8-10(14)11(16-12(13)15-8)17-6-2-4-9(17)5-3-7-18/h9,18H,2-7,14H2,1H3. The minimum Gasteiger partial charge on any atom is -0.396 e. The molecule has 0 aromatic carbocycles. The fraction of sp³-hybridized carbons (Fsp3) is 0.667. The molecule has 1 aliphatic rings. The minimum atomic E-state index is 0.226. The van der Waals surface area contributed by atoms with Gasteiger partial charge in [-0.3, -0.25) is 0 Å². The van der Waals surface area contributed by atoms with Crippen LogP contribution in [0.25, 0.3) is 0 Å². The molecule has 1 fully saturated rings. The van der Waals surface area contributed by atoms with E-state index < -0.39 is 0 Å². The SMILES string of the molecule is Cc1nc(Cl)nc(N2CCCC2CCCO)c1N. The van der Waals surface area contributed by atoms with Crippen LogP contribution in [0.4, 0.5) is 11.5 Å². The van der Waals surface area contributed by atoms with Crippen molar-refractivity contribution in [1.82, 2.24) is 9.97 Å². The number of nitrogen functional groups attached to an aromatic ring is 1. The number of hydrogen-bond acceptors (Lipinski definition) is 5. The van der Waals surface area contributed by atoms with Crippen molar-refractivity contribution in [2.24, 2.45) is 0 Å². The molecular formula is C12H19ClN4O. The summed E-state index contributed by atoms with van der Waals surface area (Å²) in [5.41, 5.74) is 7.37.